The van der Waals surface area contributed by atoms with Gasteiger partial charge in [0.25, 0.3) is 0 Å². The van der Waals surface area contributed by atoms with Crippen molar-refractivity contribution in [2.45, 2.75) is 26.2 Å². The second-order valence-corrected chi connectivity index (χ2v) is 5.63. The van der Waals surface area contributed by atoms with Crippen molar-refractivity contribution in [1.29, 1.82) is 0 Å². The summed E-state index contributed by atoms with van der Waals surface area (Å²) in [5, 5.41) is 4.22. The van der Waals surface area contributed by atoms with Gasteiger partial charge in [-0.25, -0.2) is 0 Å². The van der Waals surface area contributed by atoms with Gasteiger partial charge in [-0.1, -0.05) is 55.5 Å². The van der Waals surface area contributed by atoms with Crippen LogP contribution in [-0.2, 0) is 4.79 Å². The van der Waals surface area contributed by atoms with Crippen molar-refractivity contribution in [2.75, 3.05) is 0 Å². The summed E-state index contributed by atoms with van der Waals surface area (Å²) in [7, 11) is 0. The van der Waals surface area contributed by atoms with Gasteiger partial charge in [0.15, 0.2) is 0 Å². The van der Waals surface area contributed by atoms with E-state index in [0.717, 1.165) is 6.42 Å². The lowest BCUT2D eigenvalue weighted by Crippen LogP contribution is -1.93. The summed E-state index contributed by atoms with van der Waals surface area (Å²) < 4.78 is 0. The average Bonchev–Trinajstić information content (AvgIpc) is 3.05. The summed E-state index contributed by atoms with van der Waals surface area (Å²) >= 11 is 1.69. The average molecular weight is 296 g/mol. The number of benzene rings is 1. The Morgan fingerprint density at radius 2 is 2.00 bits per heavy atom. The Kier molecular flexibility index (Phi) is 6.17. The molecule has 0 aliphatic heterocycles. The minimum Gasteiger partial charge on any atom is -0.300 e. The zero-order chi connectivity index (χ0) is 14.9. The van der Waals surface area contributed by atoms with E-state index < -0.39 is 0 Å². The number of rotatable bonds is 7. The number of hydrogen-bond acceptors (Lipinski definition) is 2. The highest BCUT2D eigenvalue weighted by Crippen LogP contribution is 2.21. The molecule has 0 radical (unpaired) electrons. The van der Waals surface area contributed by atoms with Crippen LogP contribution in [0.2, 0.25) is 0 Å². The third kappa shape index (κ3) is 5.16. The first-order valence-electron chi connectivity index (χ1n) is 7.27. The molecule has 0 unspecified atom stereocenters. The highest BCUT2D eigenvalue weighted by Gasteiger charge is 2.00. The van der Waals surface area contributed by atoms with Gasteiger partial charge in [-0.15, -0.1) is 0 Å². The van der Waals surface area contributed by atoms with Crippen LogP contribution in [0, 0.1) is 0 Å². The maximum absolute atomic E-state index is 11.4. The van der Waals surface area contributed by atoms with E-state index in [-0.39, 0.29) is 0 Å². The van der Waals surface area contributed by atoms with Crippen LogP contribution in [0.5, 0.6) is 0 Å². The first-order chi connectivity index (χ1) is 10.3. The SMILES string of the molecule is CCC(=O)CC/C=C(\C=C\c1ccccc1)c1ccsc1. The molecule has 21 heavy (non-hydrogen) atoms. The molecule has 0 N–H and O–H groups in total. The van der Waals surface area contributed by atoms with Gasteiger partial charge in [-0.2, -0.15) is 11.3 Å². The number of hydrogen-bond donors (Lipinski definition) is 0. The first kappa shape index (κ1) is 15.5. The van der Waals surface area contributed by atoms with Gasteiger partial charge < -0.3 is 0 Å². The minimum atomic E-state index is 0.322. The predicted octanol–water partition coefficient (Wildman–Crippen LogP) is 5.60. The zero-order valence-electron chi connectivity index (χ0n) is 12.3. The Balaban J connectivity index is 2.11. The third-order valence-corrected chi connectivity index (χ3v) is 3.97. The summed E-state index contributed by atoms with van der Waals surface area (Å²) in [6, 6.07) is 12.4. The van der Waals surface area contributed by atoms with Gasteiger partial charge in [0.1, 0.15) is 5.78 Å². The van der Waals surface area contributed by atoms with Gasteiger partial charge in [0.2, 0.25) is 0 Å². The van der Waals surface area contributed by atoms with Gasteiger partial charge in [-0.05, 0) is 39.9 Å². The number of thiophene rings is 1. The van der Waals surface area contributed by atoms with Crippen molar-refractivity contribution in [2.24, 2.45) is 0 Å². The number of Topliss-reactive ketones (excluding diaryl/α,β-unsaturated/α-hetero) is 1. The second kappa shape index (κ2) is 8.38. The monoisotopic (exact) mass is 296 g/mol. The number of carbonyl (C=O) groups excluding carboxylic acids is 1. The maximum atomic E-state index is 11.4. The zero-order valence-corrected chi connectivity index (χ0v) is 13.1. The van der Waals surface area contributed by atoms with Crippen LogP contribution in [0.25, 0.3) is 11.6 Å². The number of carbonyl (C=O) groups is 1. The van der Waals surface area contributed by atoms with E-state index in [0.29, 0.717) is 18.6 Å². The van der Waals surface area contributed by atoms with Crippen LogP contribution in [-0.4, -0.2) is 5.78 Å². The quantitative estimate of drug-likeness (QED) is 0.607. The van der Waals surface area contributed by atoms with Crippen molar-refractivity contribution in [3.63, 3.8) is 0 Å². The Hall–Kier alpha value is -1.93. The summed E-state index contributed by atoms with van der Waals surface area (Å²) in [6.07, 6.45) is 8.47. The fourth-order valence-electron chi connectivity index (χ4n) is 2.03. The summed E-state index contributed by atoms with van der Waals surface area (Å²) in [4.78, 5) is 11.4. The van der Waals surface area contributed by atoms with Crippen LogP contribution in [0.15, 0.2) is 59.3 Å². The van der Waals surface area contributed by atoms with Crippen LogP contribution >= 0.6 is 11.3 Å². The molecule has 1 aromatic heterocycles. The molecule has 2 rings (SSSR count). The number of allylic oxidation sites excluding steroid dienone is 3. The van der Waals surface area contributed by atoms with E-state index >= 15 is 0 Å². The molecule has 0 aliphatic rings. The molecule has 0 spiro atoms. The second-order valence-electron chi connectivity index (χ2n) is 4.85. The highest BCUT2D eigenvalue weighted by molar-refractivity contribution is 7.08. The molecular weight excluding hydrogens is 276 g/mol. The number of ketones is 1. The molecular formula is C19H20OS. The Morgan fingerprint density at radius 1 is 1.19 bits per heavy atom. The van der Waals surface area contributed by atoms with Gasteiger partial charge in [0, 0.05) is 12.8 Å². The van der Waals surface area contributed by atoms with Crippen LogP contribution in [0.1, 0.15) is 37.3 Å². The molecule has 1 heterocycles. The molecule has 1 aromatic carbocycles. The van der Waals surface area contributed by atoms with Gasteiger partial charge >= 0.3 is 0 Å². The van der Waals surface area contributed by atoms with E-state index in [9.17, 15) is 4.79 Å². The van der Waals surface area contributed by atoms with Gasteiger partial charge in [0.05, 0.1) is 0 Å². The molecule has 0 aliphatic carbocycles. The molecule has 0 bridgehead atoms. The van der Waals surface area contributed by atoms with E-state index in [2.05, 4.69) is 47.2 Å². The summed E-state index contributed by atoms with van der Waals surface area (Å²) in [5.41, 5.74) is 3.59. The Morgan fingerprint density at radius 3 is 2.67 bits per heavy atom. The molecule has 0 saturated carbocycles. The summed E-state index contributed by atoms with van der Waals surface area (Å²) in [6.45, 7) is 1.92. The van der Waals surface area contributed by atoms with Crippen molar-refractivity contribution in [1.82, 2.24) is 0 Å². The molecule has 1 nitrogen and oxygen atoms in total. The van der Waals surface area contributed by atoms with Crippen molar-refractivity contribution in [3.05, 3.63) is 70.4 Å². The van der Waals surface area contributed by atoms with Gasteiger partial charge in [-0.3, -0.25) is 4.79 Å². The molecule has 108 valence electrons. The normalized spacial score (nSPS) is 12.0. The topological polar surface area (TPSA) is 17.1 Å². The van der Waals surface area contributed by atoms with E-state index in [4.69, 9.17) is 0 Å². The van der Waals surface area contributed by atoms with E-state index in [1.165, 1.54) is 16.7 Å². The van der Waals surface area contributed by atoms with Crippen LogP contribution in [0.3, 0.4) is 0 Å². The molecule has 0 atom stereocenters. The van der Waals surface area contributed by atoms with E-state index in [1.807, 2.05) is 25.1 Å². The standard InChI is InChI=1S/C19H20OS/c1-2-19(20)10-6-9-17(18-13-14-21-15-18)12-11-16-7-4-3-5-8-16/h3-5,7-9,11-15H,2,6,10H2,1H3/b12-11+,17-9+. The lowest BCUT2D eigenvalue weighted by molar-refractivity contribution is -0.118. The predicted molar refractivity (Wildman–Crippen MR) is 92.3 cm³/mol. The van der Waals surface area contributed by atoms with Crippen molar-refractivity contribution >= 4 is 28.8 Å². The lowest BCUT2D eigenvalue weighted by Gasteiger charge is -2.00. The van der Waals surface area contributed by atoms with Crippen LogP contribution in [0.4, 0.5) is 0 Å². The fourth-order valence-corrected chi connectivity index (χ4v) is 2.69. The van der Waals surface area contributed by atoms with Crippen molar-refractivity contribution in [3.8, 4) is 0 Å². The fraction of sp³-hybridized carbons (Fsp3) is 0.211. The minimum absolute atomic E-state index is 0.322. The molecule has 2 heteroatoms. The largest absolute Gasteiger partial charge is 0.300 e. The van der Waals surface area contributed by atoms with Crippen LogP contribution < -0.4 is 0 Å². The van der Waals surface area contributed by atoms with E-state index in [1.54, 1.807) is 11.3 Å². The molecule has 0 saturated heterocycles. The maximum Gasteiger partial charge on any atom is 0.132 e. The Bertz CT molecular complexity index is 606. The molecule has 2 aromatic rings. The van der Waals surface area contributed by atoms with Crippen molar-refractivity contribution < 1.29 is 4.79 Å². The Labute approximate surface area is 130 Å². The molecule has 0 fully saturated rings. The summed E-state index contributed by atoms with van der Waals surface area (Å²) in [5.74, 6) is 0.322. The first-order valence-corrected chi connectivity index (χ1v) is 8.21. The lowest BCUT2D eigenvalue weighted by atomic mass is 10.0. The molecule has 0 amide bonds. The highest BCUT2D eigenvalue weighted by atomic mass is 32.1. The smallest absolute Gasteiger partial charge is 0.132 e. The third-order valence-electron chi connectivity index (χ3n) is 3.29.